The molecule has 2 rings (SSSR count). The minimum atomic E-state index is 0.0683. The van der Waals surface area contributed by atoms with Gasteiger partial charge in [0, 0.05) is 29.8 Å². The minimum absolute atomic E-state index is 0.0683. The molecule has 0 spiro atoms. The van der Waals surface area contributed by atoms with Gasteiger partial charge in [-0.2, -0.15) is 11.8 Å². The number of hydrogen-bond acceptors (Lipinski definition) is 4. The summed E-state index contributed by atoms with van der Waals surface area (Å²) in [4.78, 5) is 0. The van der Waals surface area contributed by atoms with Gasteiger partial charge in [0.15, 0.2) is 0 Å². The van der Waals surface area contributed by atoms with Crippen molar-refractivity contribution in [2.24, 2.45) is 5.73 Å². The lowest BCUT2D eigenvalue weighted by molar-refractivity contribution is 0.0999. The standard InChI is InChI=1S/C15H23NO2S/c1-11(19-14-7-9-18-10-8-14)15(16)12-3-5-13(17-2)6-4-12/h3-6,11,14-15H,7-10,16H2,1-2H3. The predicted molar refractivity (Wildman–Crippen MR) is 80.8 cm³/mol. The molecule has 0 amide bonds. The monoisotopic (exact) mass is 281 g/mol. The molecule has 1 saturated heterocycles. The molecule has 2 atom stereocenters. The Morgan fingerprint density at radius 2 is 1.89 bits per heavy atom. The van der Waals surface area contributed by atoms with Gasteiger partial charge in [-0.15, -0.1) is 0 Å². The van der Waals surface area contributed by atoms with Crippen LogP contribution in [0, 0.1) is 0 Å². The SMILES string of the molecule is COc1ccc(C(N)C(C)SC2CCOCC2)cc1. The van der Waals surface area contributed by atoms with E-state index in [2.05, 4.69) is 19.1 Å². The Balaban J connectivity index is 1.91. The van der Waals surface area contributed by atoms with E-state index in [-0.39, 0.29) is 6.04 Å². The zero-order valence-corrected chi connectivity index (χ0v) is 12.5. The highest BCUT2D eigenvalue weighted by Gasteiger charge is 2.22. The number of methoxy groups -OCH3 is 1. The van der Waals surface area contributed by atoms with Crippen LogP contribution in [0.25, 0.3) is 0 Å². The van der Waals surface area contributed by atoms with Crippen LogP contribution in [0.15, 0.2) is 24.3 Å². The number of thioether (sulfide) groups is 1. The van der Waals surface area contributed by atoms with Gasteiger partial charge in [-0.25, -0.2) is 0 Å². The molecule has 1 fully saturated rings. The number of rotatable bonds is 5. The average molecular weight is 281 g/mol. The third-order valence-electron chi connectivity index (χ3n) is 3.58. The quantitative estimate of drug-likeness (QED) is 0.901. The molecule has 1 aromatic carbocycles. The molecule has 3 nitrogen and oxygen atoms in total. The van der Waals surface area contributed by atoms with Gasteiger partial charge in [-0.05, 0) is 30.5 Å². The fourth-order valence-corrected chi connectivity index (χ4v) is 3.70. The zero-order chi connectivity index (χ0) is 13.7. The maximum absolute atomic E-state index is 6.35. The van der Waals surface area contributed by atoms with E-state index in [9.17, 15) is 0 Å². The van der Waals surface area contributed by atoms with Crippen LogP contribution in [0.5, 0.6) is 5.75 Å². The van der Waals surface area contributed by atoms with Crippen molar-refractivity contribution in [3.8, 4) is 5.75 Å². The third-order valence-corrected chi connectivity index (χ3v) is 5.16. The first kappa shape index (κ1) is 14.7. The van der Waals surface area contributed by atoms with Crippen molar-refractivity contribution in [1.82, 2.24) is 0 Å². The van der Waals surface area contributed by atoms with Crippen molar-refractivity contribution < 1.29 is 9.47 Å². The summed E-state index contributed by atoms with van der Waals surface area (Å²) < 4.78 is 10.6. The molecular weight excluding hydrogens is 258 g/mol. The van der Waals surface area contributed by atoms with Crippen LogP contribution < -0.4 is 10.5 Å². The van der Waals surface area contributed by atoms with Crippen LogP contribution in [0.4, 0.5) is 0 Å². The maximum atomic E-state index is 6.35. The van der Waals surface area contributed by atoms with E-state index in [0.29, 0.717) is 10.5 Å². The minimum Gasteiger partial charge on any atom is -0.497 e. The zero-order valence-electron chi connectivity index (χ0n) is 11.7. The molecule has 19 heavy (non-hydrogen) atoms. The Bertz CT molecular complexity index is 376. The summed E-state index contributed by atoms with van der Waals surface area (Å²) in [5, 5.41) is 1.10. The highest BCUT2D eigenvalue weighted by molar-refractivity contribution is 8.00. The molecule has 1 aliphatic heterocycles. The molecule has 1 aromatic rings. The predicted octanol–water partition coefficient (Wildman–Crippen LogP) is 3.00. The van der Waals surface area contributed by atoms with E-state index in [4.69, 9.17) is 15.2 Å². The third kappa shape index (κ3) is 4.13. The Morgan fingerprint density at radius 1 is 1.26 bits per heavy atom. The second kappa shape index (κ2) is 7.17. The van der Waals surface area contributed by atoms with E-state index >= 15 is 0 Å². The highest BCUT2D eigenvalue weighted by Crippen LogP contribution is 2.32. The Labute approximate surface area is 119 Å². The molecule has 4 heteroatoms. The van der Waals surface area contributed by atoms with E-state index < -0.39 is 0 Å². The van der Waals surface area contributed by atoms with Crippen LogP contribution >= 0.6 is 11.8 Å². The van der Waals surface area contributed by atoms with Gasteiger partial charge in [-0.1, -0.05) is 19.1 Å². The molecule has 0 radical (unpaired) electrons. The van der Waals surface area contributed by atoms with E-state index in [0.717, 1.165) is 31.8 Å². The number of nitrogens with two attached hydrogens (primary N) is 1. The highest BCUT2D eigenvalue weighted by atomic mass is 32.2. The van der Waals surface area contributed by atoms with Crippen molar-refractivity contribution in [3.63, 3.8) is 0 Å². The molecule has 1 aliphatic rings. The lowest BCUT2D eigenvalue weighted by Crippen LogP contribution is -2.26. The van der Waals surface area contributed by atoms with E-state index in [1.54, 1.807) is 7.11 Å². The second-order valence-electron chi connectivity index (χ2n) is 4.95. The van der Waals surface area contributed by atoms with Gasteiger partial charge in [-0.3, -0.25) is 0 Å². The van der Waals surface area contributed by atoms with Gasteiger partial charge in [0.2, 0.25) is 0 Å². The summed E-state index contributed by atoms with van der Waals surface area (Å²) in [6.07, 6.45) is 2.29. The van der Waals surface area contributed by atoms with Gasteiger partial charge in [0.25, 0.3) is 0 Å². The molecule has 0 saturated carbocycles. The Hall–Kier alpha value is -0.710. The summed E-state index contributed by atoms with van der Waals surface area (Å²) in [6.45, 7) is 4.00. The second-order valence-corrected chi connectivity index (χ2v) is 6.63. The number of benzene rings is 1. The Kier molecular flexibility index (Phi) is 5.55. The van der Waals surface area contributed by atoms with Crippen molar-refractivity contribution in [2.45, 2.75) is 36.3 Å². The normalized spacial score (nSPS) is 19.9. The van der Waals surface area contributed by atoms with E-state index in [1.807, 2.05) is 23.9 Å². The molecular formula is C15H23NO2S. The van der Waals surface area contributed by atoms with Gasteiger partial charge < -0.3 is 15.2 Å². The Morgan fingerprint density at radius 3 is 2.47 bits per heavy atom. The van der Waals surface area contributed by atoms with E-state index in [1.165, 1.54) is 5.56 Å². The summed E-state index contributed by atoms with van der Waals surface area (Å²) in [5.74, 6) is 0.876. The first-order valence-electron chi connectivity index (χ1n) is 6.83. The molecule has 2 N–H and O–H groups in total. The lowest BCUT2D eigenvalue weighted by atomic mass is 10.1. The summed E-state index contributed by atoms with van der Waals surface area (Å²) in [6, 6.07) is 8.13. The fraction of sp³-hybridized carbons (Fsp3) is 0.600. The molecule has 0 aromatic heterocycles. The summed E-state index contributed by atoms with van der Waals surface area (Å²) >= 11 is 2.00. The number of ether oxygens (including phenoxy) is 2. The number of hydrogen-bond donors (Lipinski definition) is 1. The van der Waals surface area contributed by atoms with Crippen molar-refractivity contribution in [2.75, 3.05) is 20.3 Å². The van der Waals surface area contributed by atoms with Crippen LogP contribution in [0.3, 0.4) is 0 Å². The molecule has 0 bridgehead atoms. The molecule has 2 unspecified atom stereocenters. The van der Waals surface area contributed by atoms with Crippen molar-refractivity contribution >= 4 is 11.8 Å². The topological polar surface area (TPSA) is 44.5 Å². The van der Waals surface area contributed by atoms with Crippen LogP contribution in [-0.2, 0) is 4.74 Å². The van der Waals surface area contributed by atoms with Crippen LogP contribution in [0.2, 0.25) is 0 Å². The maximum Gasteiger partial charge on any atom is 0.118 e. The van der Waals surface area contributed by atoms with Crippen LogP contribution in [0.1, 0.15) is 31.4 Å². The first-order valence-corrected chi connectivity index (χ1v) is 7.77. The molecule has 1 heterocycles. The van der Waals surface area contributed by atoms with Crippen molar-refractivity contribution in [1.29, 1.82) is 0 Å². The average Bonchev–Trinajstić information content (AvgIpc) is 2.47. The molecule has 0 aliphatic carbocycles. The van der Waals surface area contributed by atoms with Gasteiger partial charge in [0.1, 0.15) is 5.75 Å². The molecule has 106 valence electrons. The fourth-order valence-electron chi connectivity index (χ4n) is 2.30. The first-order chi connectivity index (χ1) is 9.20. The lowest BCUT2D eigenvalue weighted by Gasteiger charge is -2.27. The van der Waals surface area contributed by atoms with Gasteiger partial charge >= 0.3 is 0 Å². The smallest absolute Gasteiger partial charge is 0.118 e. The summed E-state index contributed by atoms with van der Waals surface area (Å²) in [5.41, 5.74) is 7.53. The van der Waals surface area contributed by atoms with Crippen molar-refractivity contribution in [3.05, 3.63) is 29.8 Å². The summed E-state index contributed by atoms with van der Waals surface area (Å²) in [7, 11) is 1.68. The van der Waals surface area contributed by atoms with Crippen LogP contribution in [-0.4, -0.2) is 30.8 Å². The van der Waals surface area contributed by atoms with Gasteiger partial charge in [0.05, 0.1) is 7.11 Å². The largest absolute Gasteiger partial charge is 0.497 e.